The normalized spacial score (nSPS) is 10.3. The van der Waals surface area contributed by atoms with Crippen LogP contribution in [0.2, 0.25) is 10.0 Å². The van der Waals surface area contributed by atoms with Crippen LogP contribution in [0.5, 0.6) is 0 Å². The van der Waals surface area contributed by atoms with E-state index in [0.29, 0.717) is 16.6 Å². The topological polar surface area (TPSA) is 37.8 Å². The van der Waals surface area contributed by atoms with Gasteiger partial charge in [0.05, 0.1) is 10.0 Å². The van der Waals surface area contributed by atoms with Crippen molar-refractivity contribution in [3.8, 4) is 0 Å². The van der Waals surface area contributed by atoms with Gasteiger partial charge in [-0.25, -0.2) is 0 Å². The zero-order valence-corrected chi connectivity index (χ0v) is 9.90. The van der Waals surface area contributed by atoms with Crippen molar-refractivity contribution in [2.24, 2.45) is 0 Å². The van der Waals surface area contributed by atoms with Crippen molar-refractivity contribution in [3.63, 3.8) is 0 Å². The maximum Gasteiger partial charge on any atom is 0.205 e. The summed E-state index contributed by atoms with van der Waals surface area (Å²) in [5, 5.41) is 12.6. The average molecular weight is 260 g/mol. The van der Waals surface area contributed by atoms with E-state index in [1.165, 1.54) is 11.3 Å². The van der Waals surface area contributed by atoms with Crippen LogP contribution >= 0.6 is 34.5 Å². The molecule has 1 aromatic carbocycles. The Morgan fingerprint density at radius 1 is 1.27 bits per heavy atom. The summed E-state index contributed by atoms with van der Waals surface area (Å²) in [5.41, 5.74) is 2.73. The molecule has 0 atom stereocenters. The highest BCUT2D eigenvalue weighted by Gasteiger charge is 2.00. The van der Waals surface area contributed by atoms with Gasteiger partial charge in [-0.15, -0.1) is 10.2 Å². The molecule has 3 nitrogen and oxygen atoms in total. The Balaban J connectivity index is 2.02. The monoisotopic (exact) mass is 259 g/mol. The maximum atomic E-state index is 5.89. The number of nitrogens with one attached hydrogen (secondary N) is 1. The Labute approximate surface area is 101 Å². The number of halogens is 2. The van der Waals surface area contributed by atoms with E-state index in [1.807, 2.05) is 12.1 Å². The highest BCUT2D eigenvalue weighted by atomic mass is 35.5. The molecular formula is C9H7Cl2N3S. The minimum absolute atomic E-state index is 0.563. The van der Waals surface area contributed by atoms with Crippen LogP contribution in [-0.4, -0.2) is 10.2 Å². The first kappa shape index (κ1) is 10.7. The predicted octanol–water partition coefficient (Wildman–Crippen LogP) is 3.46. The Morgan fingerprint density at radius 2 is 2.13 bits per heavy atom. The van der Waals surface area contributed by atoms with Crippen molar-refractivity contribution in [3.05, 3.63) is 39.3 Å². The van der Waals surface area contributed by atoms with Gasteiger partial charge >= 0.3 is 0 Å². The minimum atomic E-state index is 0.563. The molecule has 0 radical (unpaired) electrons. The van der Waals surface area contributed by atoms with Gasteiger partial charge in [0.2, 0.25) is 5.13 Å². The Morgan fingerprint density at radius 3 is 2.80 bits per heavy atom. The molecule has 0 aliphatic rings. The molecule has 0 fully saturated rings. The summed E-state index contributed by atoms with van der Waals surface area (Å²) in [5.74, 6) is 0. The third-order valence-corrected chi connectivity index (χ3v) is 3.18. The van der Waals surface area contributed by atoms with Crippen LogP contribution in [0.25, 0.3) is 0 Å². The first-order valence-electron chi connectivity index (χ1n) is 4.19. The van der Waals surface area contributed by atoms with Crippen LogP contribution in [0.3, 0.4) is 0 Å². The first-order valence-corrected chi connectivity index (χ1v) is 5.83. The molecule has 6 heteroatoms. The molecule has 0 unspecified atom stereocenters. The maximum absolute atomic E-state index is 5.89. The van der Waals surface area contributed by atoms with Crippen LogP contribution in [0.15, 0.2) is 23.7 Å². The van der Waals surface area contributed by atoms with Crippen LogP contribution in [0.1, 0.15) is 5.56 Å². The number of benzene rings is 1. The standard InChI is InChI=1S/C9H7Cl2N3S/c10-7-2-1-6(3-8(7)11)4-12-9-14-13-5-15-9/h1-3,5H,4H2,(H,12,14). The summed E-state index contributed by atoms with van der Waals surface area (Å²) in [6, 6.07) is 5.53. The number of anilines is 1. The molecule has 1 N–H and O–H groups in total. The molecule has 78 valence electrons. The molecule has 0 amide bonds. The van der Waals surface area contributed by atoms with E-state index in [0.717, 1.165) is 10.7 Å². The van der Waals surface area contributed by atoms with Gasteiger partial charge in [0, 0.05) is 6.54 Å². The molecule has 0 saturated carbocycles. The van der Waals surface area contributed by atoms with Crippen molar-refractivity contribution in [1.82, 2.24) is 10.2 Å². The summed E-state index contributed by atoms with van der Waals surface area (Å²) >= 11 is 13.2. The lowest BCUT2D eigenvalue weighted by Gasteiger charge is -2.03. The van der Waals surface area contributed by atoms with E-state index < -0.39 is 0 Å². The van der Waals surface area contributed by atoms with Gasteiger partial charge in [-0.3, -0.25) is 0 Å². The van der Waals surface area contributed by atoms with Crippen molar-refractivity contribution < 1.29 is 0 Å². The minimum Gasteiger partial charge on any atom is -0.356 e. The van der Waals surface area contributed by atoms with Crippen LogP contribution in [0, 0.1) is 0 Å². The van der Waals surface area contributed by atoms with E-state index in [2.05, 4.69) is 15.5 Å². The van der Waals surface area contributed by atoms with Crippen molar-refractivity contribution >= 4 is 39.7 Å². The molecule has 15 heavy (non-hydrogen) atoms. The van der Waals surface area contributed by atoms with Gasteiger partial charge in [0.25, 0.3) is 0 Å². The van der Waals surface area contributed by atoms with Gasteiger partial charge in [-0.05, 0) is 17.7 Å². The van der Waals surface area contributed by atoms with E-state index in [9.17, 15) is 0 Å². The summed E-state index contributed by atoms with van der Waals surface area (Å²) in [7, 11) is 0. The molecule has 0 spiro atoms. The third-order valence-electron chi connectivity index (χ3n) is 1.79. The van der Waals surface area contributed by atoms with Crippen LogP contribution < -0.4 is 5.32 Å². The van der Waals surface area contributed by atoms with Crippen molar-refractivity contribution in [2.45, 2.75) is 6.54 Å². The average Bonchev–Trinajstić information content (AvgIpc) is 2.73. The van der Waals surface area contributed by atoms with Gasteiger partial charge in [0.15, 0.2) is 0 Å². The molecular weight excluding hydrogens is 253 g/mol. The smallest absolute Gasteiger partial charge is 0.205 e. The fourth-order valence-electron chi connectivity index (χ4n) is 1.08. The summed E-state index contributed by atoms with van der Waals surface area (Å²) in [4.78, 5) is 0. The molecule has 2 rings (SSSR count). The van der Waals surface area contributed by atoms with E-state index in [-0.39, 0.29) is 0 Å². The molecule has 0 aliphatic carbocycles. The highest BCUT2D eigenvalue weighted by Crippen LogP contribution is 2.23. The lowest BCUT2D eigenvalue weighted by molar-refractivity contribution is 1.05. The molecule has 0 bridgehead atoms. The number of aromatic nitrogens is 2. The lowest BCUT2D eigenvalue weighted by atomic mass is 10.2. The molecule has 1 heterocycles. The fraction of sp³-hybridized carbons (Fsp3) is 0.111. The van der Waals surface area contributed by atoms with Crippen molar-refractivity contribution in [2.75, 3.05) is 5.32 Å². The third kappa shape index (κ3) is 2.81. The van der Waals surface area contributed by atoms with E-state index in [1.54, 1.807) is 11.6 Å². The predicted molar refractivity (Wildman–Crippen MR) is 63.7 cm³/mol. The second kappa shape index (κ2) is 4.79. The molecule has 2 aromatic rings. The zero-order chi connectivity index (χ0) is 10.7. The molecule has 0 saturated heterocycles. The SMILES string of the molecule is Clc1ccc(CNc2nncs2)cc1Cl. The highest BCUT2D eigenvalue weighted by molar-refractivity contribution is 7.13. The summed E-state index contributed by atoms with van der Waals surface area (Å²) in [6.07, 6.45) is 0. The summed E-state index contributed by atoms with van der Waals surface area (Å²) in [6.45, 7) is 0.659. The Bertz CT molecular complexity index is 445. The van der Waals surface area contributed by atoms with Gasteiger partial charge in [-0.2, -0.15) is 0 Å². The van der Waals surface area contributed by atoms with Crippen LogP contribution in [-0.2, 0) is 6.54 Å². The number of hydrogen-bond donors (Lipinski definition) is 1. The molecule has 0 aliphatic heterocycles. The quantitative estimate of drug-likeness (QED) is 0.918. The largest absolute Gasteiger partial charge is 0.356 e. The van der Waals surface area contributed by atoms with Gasteiger partial charge < -0.3 is 5.32 Å². The van der Waals surface area contributed by atoms with E-state index >= 15 is 0 Å². The van der Waals surface area contributed by atoms with E-state index in [4.69, 9.17) is 23.2 Å². The lowest BCUT2D eigenvalue weighted by Crippen LogP contribution is -1.98. The van der Waals surface area contributed by atoms with Gasteiger partial charge in [-0.1, -0.05) is 40.6 Å². The second-order valence-corrected chi connectivity index (χ2v) is 4.49. The van der Waals surface area contributed by atoms with Crippen molar-refractivity contribution in [1.29, 1.82) is 0 Å². The second-order valence-electron chi connectivity index (χ2n) is 2.85. The summed E-state index contributed by atoms with van der Waals surface area (Å²) < 4.78 is 0. The number of hydrogen-bond acceptors (Lipinski definition) is 4. The Kier molecular flexibility index (Phi) is 3.41. The zero-order valence-electron chi connectivity index (χ0n) is 7.58. The number of nitrogens with zero attached hydrogens (tertiary/aromatic N) is 2. The Hall–Kier alpha value is -0.840. The van der Waals surface area contributed by atoms with Gasteiger partial charge in [0.1, 0.15) is 5.51 Å². The molecule has 1 aromatic heterocycles. The van der Waals surface area contributed by atoms with Crippen LogP contribution in [0.4, 0.5) is 5.13 Å². The number of rotatable bonds is 3. The first-order chi connectivity index (χ1) is 7.25. The fourth-order valence-corrected chi connectivity index (χ4v) is 1.84.